The highest BCUT2D eigenvalue weighted by Gasteiger charge is 2.33. The molecule has 2 saturated heterocycles. The van der Waals surface area contributed by atoms with E-state index in [-0.39, 0.29) is 36.9 Å². The van der Waals surface area contributed by atoms with Crippen molar-refractivity contribution in [1.82, 2.24) is 40.8 Å². The number of rotatable bonds is 14. The van der Waals surface area contributed by atoms with Crippen LogP contribution in [0.15, 0.2) is 67.0 Å². The fourth-order valence-corrected chi connectivity index (χ4v) is 6.80. The molecular formula is C38H46N10O7. The van der Waals surface area contributed by atoms with Crippen LogP contribution in [0.5, 0.6) is 0 Å². The zero-order valence-corrected chi connectivity index (χ0v) is 30.9. The zero-order valence-electron chi connectivity index (χ0n) is 30.9. The fourth-order valence-electron chi connectivity index (χ4n) is 6.80. The third-order valence-electron chi connectivity index (χ3n) is 9.70. The van der Waals surface area contributed by atoms with Crippen molar-refractivity contribution in [3.63, 3.8) is 0 Å². The van der Waals surface area contributed by atoms with Crippen molar-refractivity contribution >= 4 is 41.5 Å². The number of alkyl carbamates (subject to hydrolysis) is 2. The van der Waals surface area contributed by atoms with Gasteiger partial charge in [0.25, 0.3) is 0 Å². The topological polar surface area (TPSA) is 207 Å². The van der Waals surface area contributed by atoms with Gasteiger partial charge in [0.15, 0.2) is 0 Å². The molecule has 55 heavy (non-hydrogen) atoms. The second-order valence-corrected chi connectivity index (χ2v) is 13.2. The molecule has 17 heteroatoms. The van der Waals surface area contributed by atoms with Crippen LogP contribution < -0.4 is 25.8 Å². The number of benzene rings is 2. The van der Waals surface area contributed by atoms with Gasteiger partial charge in [0.2, 0.25) is 23.7 Å². The number of H-pyrrole nitrogens is 2. The van der Waals surface area contributed by atoms with Gasteiger partial charge in [0.05, 0.1) is 44.0 Å². The summed E-state index contributed by atoms with van der Waals surface area (Å²) in [4.78, 5) is 83.3. The molecule has 2 aliphatic heterocycles. The first kappa shape index (κ1) is 38.3. The molecule has 0 aliphatic carbocycles. The van der Waals surface area contributed by atoms with Gasteiger partial charge in [-0.15, -0.1) is 0 Å². The Morgan fingerprint density at radius 2 is 1.67 bits per heavy atom. The lowest BCUT2D eigenvalue weighted by molar-refractivity contribution is -0.131. The molecule has 2 atom stereocenters. The van der Waals surface area contributed by atoms with Crippen molar-refractivity contribution in [1.29, 1.82) is 0 Å². The quantitative estimate of drug-likeness (QED) is 0.119. The lowest BCUT2D eigenvalue weighted by Gasteiger charge is -2.34. The largest absolute Gasteiger partial charge is 0.453 e. The van der Waals surface area contributed by atoms with Crippen molar-refractivity contribution < 1.29 is 33.4 Å². The van der Waals surface area contributed by atoms with E-state index in [0.717, 1.165) is 54.1 Å². The third-order valence-corrected chi connectivity index (χ3v) is 9.70. The summed E-state index contributed by atoms with van der Waals surface area (Å²) in [6, 6.07) is 15.7. The van der Waals surface area contributed by atoms with Crippen molar-refractivity contribution in [2.75, 3.05) is 63.3 Å². The van der Waals surface area contributed by atoms with Crippen LogP contribution in [0, 0.1) is 0 Å². The smallest absolute Gasteiger partial charge is 0.407 e. The molecule has 0 saturated carbocycles. The van der Waals surface area contributed by atoms with Gasteiger partial charge in [0.1, 0.15) is 25.0 Å². The lowest BCUT2D eigenvalue weighted by Crippen LogP contribution is -2.51. The number of hydrogen-bond donors (Lipinski definition) is 5. The summed E-state index contributed by atoms with van der Waals surface area (Å²) in [7, 11) is 2.50. The number of ether oxygens (including phenoxy) is 2. The van der Waals surface area contributed by atoms with Gasteiger partial charge < -0.3 is 50.1 Å². The number of piperazine rings is 1. The minimum absolute atomic E-state index is 0.0566. The van der Waals surface area contributed by atoms with Gasteiger partial charge in [-0.3, -0.25) is 14.4 Å². The van der Waals surface area contributed by atoms with E-state index in [4.69, 9.17) is 0 Å². The molecule has 5 N–H and O–H groups in total. The number of anilines is 2. The van der Waals surface area contributed by atoms with Gasteiger partial charge in [-0.1, -0.05) is 42.5 Å². The summed E-state index contributed by atoms with van der Waals surface area (Å²) >= 11 is 0. The minimum Gasteiger partial charge on any atom is -0.453 e. The Morgan fingerprint density at radius 3 is 2.42 bits per heavy atom. The van der Waals surface area contributed by atoms with Crippen LogP contribution in [-0.4, -0.2) is 108 Å². The van der Waals surface area contributed by atoms with Crippen LogP contribution in [-0.2, 0) is 30.3 Å². The number of amides is 5. The third kappa shape index (κ3) is 9.59. The predicted octanol–water partition coefficient (Wildman–Crippen LogP) is 3.21. The number of unbranched alkanes of at least 4 members (excludes halogenated alkanes) is 1. The summed E-state index contributed by atoms with van der Waals surface area (Å²) in [5.74, 6) is 0.836. The van der Waals surface area contributed by atoms with Crippen molar-refractivity contribution in [2.45, 2.75) is 44.2 Å². The van der Waals surface area contributed by atoms with Gasteiger partial charge in [-0.25, -0.2) is 19.6 Å². The second-order valence-electron chi connectivity index (χ2n) is 13.2. The molecule has 0 spiro atoms. The molecule has 17 nitrogen and oxygen atoms in total. The number of likely N-dealkylation sites (tertiary alicyclic amines) is 1. The molecule has 5 amide bonds. The van der Waals surface area contributed by atoms with E-state index < -0.39 is 18.2 Å². The summed E-state index contributed by atoms with van der Waals surface area (Å²) in [5, 5.41) is 7.93. The molecular weight excluding hydrogens is 708 g/mol. The maximum atomic E-state index is 13.3. The molecule has 0 radical (unpaired) electrons. The molecule has 2 aromatic heterocycles. The highest BCUT2D eigenvalue weighted by atomic mass is 16.5. The van der Waals surface area contributed by atoms with Gasteiger partial charge >= 0.3 is 12.2 Å². The normalized spacial score (nSPS) is 16.1. The molecule has 0 bridgehead atoms. The Morgan fingerprint density at radius 1 is 0.891 bits per heavy atom. The van der Waals surface area contributed by atoms with Gasteiger partial charge in [-0.05, 0) is 48.9 Å². The molecule has 4 heterocycles. The van der Waals surface area contributed by atoms with Crippen LogP contribution in [0.25, 0.3) is 11.3 Å². The Hall–Kier alpha value is -6.39. The van der Waals surface area contributed by atoms with E-state index in [1.807, 2.05) is 35.2 Å². The predicted molar refractivity (Wildman–Crippen MR) is 202 cm³/mol. The van der Waals surface area contributed by atoms with E-state index >= 15 is 0 Å². The maximum absolute atomic E-state index is 13.3. The fraction of sp³-hybridized carbons (Fsp3) is 0.395. The zero-order chi connectivity index (χ0) is 38.7. The van der Waals surface area contributed by atoms with E-state index in [2.05, 4.69) is 45.4 Å². The summed E-state index contributed by atoms with van der Waals surface area (Å²) in [5.41, 5.74) is 4.05. The van der Waals surface area contributed by atoms with Gasteiger partial charge in [0, 0.05) is 38.3 Å². The monoisotopic (exact) mass is 754 g/mol. The minimum atomic E-state index is -0.856. The van der Waals surface area contributed by atoms with E-state index in [0.29, 0.717) is 44.1 Å². The number of aromatic amines is 2. The number of imidazole rings is 2. The van der Waals surface area contributed by atoms with Gasteiger partial charge in [-0.2, -0.15) is 0 Å². The van der Waals surface area contributed by atoms with Crippen LogP contribution in [0.2, 0.25) is 0 Å². The Kier molecular flexibility index (Phi) is 12.6. The van der Waals surface area contributed by atoms with Crippen molar-refractivity contribution in [3.8, 4) is 11.3 Å². The molecule has 2 unspecified atom stereocenters. The second kappa shape index (κ2) is 18.1. The first-order valence-electron chi connectivity index (χ1n) is 18.3. The number of hydrogen-bond acceptors (Lipinski definition) is 10. The average Bonchev–Trinajstić information content (AvgIpc) is 4.01. The number of aromatic nitrogens is 4. The van der Waals surface area contributed by atoms with Crippen LogP contribution in [0.3, 0.4) is 0 Å². The van der Waals surface area contributed by atoms with Crippen molar-refractivity contribution in [3.05, 3.63) is 84.1 Å². The van der Waals surface area contributed by atoms with Crippen LogP contribution >= 0.6 is 0 Å². The number of aryl methyl sites for hydroxylation is 1. The van der Waals surface area contributed by atoms with Crippen LogP contribution in [0.1, 0.15) is 54.8 Å². The molecule has 2 fully saturated rings. The first-order valence-corrected chi connectivity index (χ1v) is 18.3. The number of methoxy groups -OCH3 is 2. The Bertz CT molecular complexity index is 1950. The van der Waals surface area contributed by atoms with E-state index in [1.165, 1.54) is 14.2 Å². The molecule has 2 aromatic carbocycles. The summed E-state index contributed by atoms with van der Waals surface area (Å²) in [6.07, 6.45) is 5.97. The molecule has 6 rings (SSSR count). The van der Waals surface area contributed by atoms with Crippen molar-refractivity contribution in [2.24, 2.45) is 0 Å². The Balaban J connectivity index is 0.953. The number of nitrogens with one attached hydrogen (secondary N) is 5. The number of nitrogens with zero attached hydrogens (tertiary/aromatic N) is 5. The van der Waals surface area contributed by atoms with E-state index in [1.54, 1.807) is 46.5 Å². The highest BCUT2D eigenvalue weighted by Crippen LogP contribution is 2.32. The molecule has 4 aromatic rings. The van der Waals surface area contributed by atoms with E-state index in [9.17, 15) is 24.0 Å². The number of carbonyl (C=O) groups is 5. The average molecular weight is 755 g/mol. The standard InChI is InChI=1S/C38H46N10O7/c1-54-37(52)42-23-32(49)48-18-8-11-30(48)29-22-41-36(44-29)46-19-20-47(33(50)24-46)27-15-13-25(14-16-27)28-21-40-31(43-28)12-6-7-17-39-35(51)34(45-38(53)55-2)26-9-4-3-5-10-26/h3-5,9-10,13-16,21-22,30,34H,6-8,11-12,17-20,23-24H2,1-2H3,(H,39,51)(H,40,43)(H,41,44)(H,42,52)(H,45,53). The SMILES string of the molecule is COC(=O)NCC(=O)N1CCCC1c1cnc(N2CCN(c3ccc(-c4cnc(CCCCNC(=O)C(NC(=O)OC)c5ccccc5)[nH]4)cc3)C(=O)C2)[nH]1. The highest BCUT2D eigenvalue weighted by molar-refractivity contribution is 5.97. The molecule has 290 valence electrons. The Labute approximate surface area is 318 Å². The lowest BCUT2D eigenvalue weighted by atomic mass is 10.1. The summed E-state index contributed by atoms with van der Waals surface area (Å²) < 4.78 is 9.25. The molecule has 2 aliphatic rings. The summed E-state index contributed by atoms with van der Waals surface area (Å²) in [6.45, 7) is 2.07. The number of carbonyl (C=O) groups excluding carboxylic acids is 5. The first-order chi connectivity index (χ1) is 26.7. The maximum Gasteiger partial charge on any atom is 0.407 e. The van der Waals surface area contributed by atoms with Crippen LogP contribution in [0.4, 0.5) is 21.2 Å².